The van der Waals surface area contributed by atoms with Crippen molar-refractivity contribution >= 4 is 5.91 Å². The van der Waals surface area contributed by atoms with E-state index >= 15 is 0 Å². The van der Waals surface area contributed by atoms with E-state index in [1.807, 2.05) is 24.8 Å². The minimum Gasteiger partial charge on any atom is -0.342 e. The first-order valence-electron chi connectivity index (χ1n) is 5.78. The van der Waals surface area contributed by atoms with Crippen molar-refractivity contribution in [1.29, 1.82) is 0 Å². The average Bonchev–Trinajstić information content (AvgIpc) is 2.77. The highest BCUT2D eigenvalue weighted by Crippen LogP contribution is 2.25. The molecule has 1 fully saturated rings. The zero-order valence-electron chi connectivity index (χ0n) is 9.81. The number of amides is 1. The van der Waals surface area contributed by atoms with Gasteiger partial charge in [0.1, 0.15) is 5.82 Å². The van der Waals surface area contributed by atoms with Gasteiger partial charge in [-0.15, -0.1) is 0 Å². The molecule has 0 radical (unpaired) electrons. The summed E-state index contributed by atoms with van der Waals surface area (Å²) in [6.07, 6.45) is 3.40. The lowest BCUT2D eigenvalue weighted by Crippen LogP contribution is -2.27. The Bertz CT molecular complexity index is 392. The second kappa shape index (κ2) is 4.60. The Morgan fingerprint density at radius 2 is 2.44 bits per heavy atom. The Kier molecular flexibility index (Phi) is 3.17. The lowest BCUT2D eigenvalue weighted by Gasteiger charge is -2.15. The Morgan fingerprint density at radius 3 is 3.12 bits per heavy atom. The van der Waals surface area contributed by atoms with Crippen LogP contribution in [0, 0.1) is 6.92 Å². The second-order valence-corrected chi connectivity index (χ2v) is 4.21. The van der Waals surface area contributed by atoms with Crippen LogP contribution < -0.4 is 0 Å². The Morgan fingerprint density at radius 1 is 1.62 bits per heavy atom. The molecule has 86 valence electrons. The molecule has 2 rings (SSSR count). The van der Waals surface area contributed by atoms with Crippen molar-refractivity contribution < 1.29 is 4.79 Å². The lowest BCUT2D eigenvalue weighted by molar-refractivity contribution is -0.129. The van der Waals surface area contributed by atoms with Crippen molar-refractivity contribution in [2.45, 2.75) is 32.6 Å². The second-order valence-electron chi connectivity index (χ2n) is 4.21. The van der Waals surface area contributed by atoms with Gasteiger partial charge in [0, 0.05) is 37.3 Å². The van der Waals surface area contributed by atoms with Gasteiger partial charge in [-0.25, -0.2) is 9.97 Å². The van der Waals surface area contributed by atoms with Crippen molar-refractivity contribution in [1.82, 2.24) is 14.9 Å². The van der Waals surface area contributed by atoms with E-state index in [0.717, 1.165) is 31.0 Å². The molecule has 0 spiro atoms. The molecule has 0 bridgehead atoms. The number of likely N-dealkylation sites (tertiary alicyclic amines) is 1. The Balaban J connectivity index is 2.06. The molecule has 4 nitrogen and oxygen atoms in total. The third kappa shape index (κ3) is 2.21. The topological polar surface area (TPSA) is 46.1 Å². The van der Waals surface area contributed by atoms with Crippen molar-refractivity contribution in [2.75, 3.05) is 13.1 Å². The summed E-state index contributed by atoms with van der Waals surface area (Å²) in [6, 6.07) is 1.96. The van der Waals surface area contributed by atoms with E-state index in [9.17, 15) is 4.79 Å². The van der Waals surface area contributed by atoms with E-state index in [1.54, 1.807) is 6.20 Å². The zero-order valence-corrected chi connectivity index (χ0v) is 9.81. The highest BCUT2D eigenvalue weighted by Gasteiger charge is 2.27. The summed E-state index contributed by atoms with van der Waals surface area (Å²) in [4.78, 5) is 22.0. The molecule has 1 atom stereocenters. The molecule has 0 unspecified atom stereocenters. The minimum atomic E-state index is 0.244. The molecule has 1 aromatic heterocycles. The van der Waals surface area contributed by atoms with Crippen LogP contribution in [0.1, 0.15) is 37.2 Å². The van der Waals surface area contributed by atoms with Gasteiger partial charge in [0.05, 0.1) is 0 Å². The molecule has 1 amide bonds. The summed E-state index contributed by atoms with van der Waals surface area (Å²) in [6.45, 7) is 5.47. The van der Waals surface area contributed by atoms with Crippen molar-refractivity contribution in [3.8, 4) is 0 Å². The summed E-state index contributed by atoms with van der Waals surface area (Å²) in [5.74, 6) is 1.43. The lowest BCUT2D eigenvalue weighted by atomic mass is 10.1. The number of carbonyl (C=O) groups excluding carboxylic acids is 1. The molecular formula is C12H17N3O. The molecule has 0 aliphatic carbocycles. The van der Waals surface area contributed by atoms with Crippen LogP contribution >= 0.6 is 0 Å². The Hall–Kier alpha value is -1.45. The molecular weight excluding hydrogens is 202 g/mol. The zero-order chi connectivity index (χ0) is 11.5. The van der Waals surface area contributed by atoms with Crippen LogP contribution in [-0.2, 0) is 4.79 Å². The summed E-state index contributed by atoms with van der Waals surface area (Å²) >= 11 is 0. The van der Waals surface area contributed by atoms with E-state index in [0.29, 0.717) is 12.3 Å². The highest BCUT2D eigenvalue weighted by molar-refractivity contribution is 5.76. The van der Waals surface area contributed by atoms with Crippen molar-refractivity contribution in [3.05, 3.63) is 23.8 Å². The quantitative estimate of drug-likeness (QED) is 0.757. The monoisotopic (exact) mass is 219 g/mol. The average molecular weight is 219 g/mol. The molecule has 0 N–H and O–H groups in total. The largest absolute Gasteiger partial charge is 0.342 e. The standard InChI is InChI=1S/C12H17N3O/c1-3-12(16)15-7-5-10(8-15)11-4-6-13-9(2)14-11/h4,6,10H,3,5,7-8H2,1-2H3/t10-/m0/s1. The van der Waals surface area contributed by atoms with Crippen molar-refractivity contribution in [3.63, 3.8) is 0 Å². The first kappa shape index (κ1) is 11.0. The number of hydrogen-bond acceptors (Lipinski definition) is 3. The molecule has 1 aliphatic heterocycles. The van der Waals surface area contributed by atoms with Gasteiger partial charge < -0.3 is 4.90 Å². The van der Waals surface area contributed by atoms with Crippen LogP contribution in [0.25, 0.3) is 0 Å². The normalized spacial score (nSPS) is 20.1. The molecule has 16 heavy (non-hydrogen) atoms. The maximum atomic E-state index is 11.6. The maximum absolute atomic E-state index is 11.6. The predicted octanol–water partition coefficient (Wildman–Crippen LogP) is 1.51. The van der Waals surface area contributed by atoms with Crippen LogP contribution in [0.3, 0.4) is 0 Å². The third-order valence-corrected chi connectivity index (χ3v) is 3.06. The summed E-state index contributed by atoms with van der Waals surface area (Å²) < 4.78 is 0. The van der Waals surface area contributed by atoms with Gasteiger partial charge in [-0.1, -0.05) is 6.92 Å². The maximum Gasteiger partial charge on any atom is 0.222 e. The molecule has 1 saturated heterocycles. The van der Waals surface area contributed by atoms with Crippen molar-refractivity contribution in [2.24, 2.45) is 0 Å². The fraction of sp³-hybridized carbons (Fsp3) is 0.583. The van der Waals surface area contributed by atoms with E-state index in [4.69, 9.17) is 0 Å². The number of rotatable bonds is 2. The number of aromatic nitrogens is 2. The van der Waals surface area contributed by atoms with Gasteiger partial charge in [0.25, 0.3) is 0 Å². The number of nitrogens with zero attached hydrogens (tertiary/aromatic N) is 3. The molecule has 0 saturated carbocycles. The first-order valence-corrected chi connectivity index (χ1v) is 5.78. The van der Waals surface area contributed by atoms with Gasteiger partial charge in [-0.2, -0.15) is 0 Å². The van der Waals surface area contributed by atoms with E-state index in [-0.39, 0.29) is 5.91 Å². The minimum absolute atomic E-state index is 0.244. The van der Waals surface area contributed by atoms with Crippen LogP contribution in [0.5, 0.6) is 0 Å². The van der Waals surface area contributed by atoms with Crippen LogP contribution in [0.4, 0.5) is 0 Å². The molecule has 4 heteroatoms. The van der Waals surface area contributed by atoms with Crippen LogP contribution in [0.2, 0.25) is 0 Å². The molecule has 0 aromatic carbocycles. The fourth-order valence-corrected chi connectivity index (χ4v) is 2.15. The molecule has 2 heterocycles. The van der Waals surface area contributed by atoms with Gasteiger partial charge in [0.15, 0.2) is 0 Å². The summed E-state index contributed by atoms with van der Waals surface area (Å²) in [5.41, 5.74) is 1.07. The van der Waals surface area contributed by atoms with Crippen LogP contribution in [0.15, 0.2) is 12.3 Å². The van der Waals surface area contributed by atoms with Gasteiger partial charge in [0.2, 0.25) is 5.91 Å². The molecule has 1 aromatic rings. The Labute approximate surface area is 95.7 Å². The van der Waals surface area contributed by atoms with Gasteiger partial charge in [-0.3, -0.25) is 4.79 Å². The summed E-state index contributed by atoms with van der Waals surface area (Å²) in [7, 11) is 0. The number of carbonyl (C=O) groups is 1. The van der Waals surface area contributed by atoms with E-state index in [2.05, 4.69) is 9.97 Å². The smallest absolute Gasteiger partial charge is 0.222 e. The highest BCUT2D eigenvalue weighted by atomic mass is 16.2. The van der Waals surface area contributed by atoms with Crippen LogP contribution in [-0.4, -0.2) is 33.9 Å². The molecule has 1 aliphatic rings. The number of hydrogen-bond donors (Lipinski definition) is 0. The SMILES string of the molecule is CCC(=O)N1CC[C@H](c2ccnc(C)n2)C1. The van der Waals surface area contributed by atoms with E-state index < -0.39 is 0 Å². The summed E-state index contributed by atoms with van der Waals surface area (Å²) in [5, 5.41) is 0. The first-order chi connectivity index (χ1) is 7.70. The number of aryl methyl sites for hydroxylation is 1. The van der Waals surface area contributed by atoms with E-state index in [1.165, 1.54) is 0 Å². The predicted molar refractivity (Wildman–Crippen MR) is 61.0 cm³/mol. The fourth-order valence-electron chi connectivity index (χ4n) is 2.15. The third-order valence-electron chi connectivity index (χ3n) is 3.06. The van der Waals surface area contributed by atoms with Gasteiger partial charge >= 0.3 is 0 Å². The van der Waals surface area contributed by atoms with Gasteiger partial charge in [-0.05, 0) is 19.4 Å².